The number of aliphatic hydroxyl groups excluding tert-OH is 2. The average Bonchev–Trinajstić information content (AvgIpc) is 2.70. The highest BCUT2D eigenvalue weighted by atomic mass is 19.4. The Hall–Kier alpha value is -2.92. The number of likely N-dealkylation sites (tertiary alicyclic amines) is 1. The molecular weight excluding hydrogens is 393 g/mol. The number of anilines is 1. The van der Waals surface area contributed by atoms with Crippen LogP contribution in [0.4, 0.5) is 23.8 Å². The first-order chi connectivity index (χ1) is 13.7. The number of rotatable bonds is 4. The average molecular weight is 412 g/mol. The first-order valence-electron chi connectivity index (χ1n) is 8.72. The lowest BCUT2D eigenvalue weighted by Crippen LogP contribution is -2.59. The summed E-state index contributed by atoms with van der Waals surface area (Å²) in [5.74, 6) is -1.53. The fraction of sp³-hybridized carbons (Fsp3) is 0.389. The molecule has 1 saturated heterocycles. The molecule has 3 N–H and O–H groups in total. The third-order valence-electron chi connectivity index (χ3n) is 4.34. The second-order valence-electron chi connectivity index (χ2n) is 6.52. The van der Waals surface area contributed by atoms with Crippen molar-refractivity contribution in [1.82, 2.24) is 14.9 Å². The molecule has 0 unspecified atom stereocenters. The van der Waals surface area contributed by atoms with Crippen LogP contribution in [0.15, 0.2) is 42.6 Å². The van der Waals surface area contributed by atoms with E-state index < -0.39 is 36.3 Å². The highest BCUT2D eigenvalue weighted by Crippen LogP contribution is 2.27. The van der Waals surface area contributed by atoms with Gasteiger partial charge in [0.25, 0.3) is 0 Å². The number of benzene rings is 1. The molecule has 1 aliphatic heterocycles. The number of aliphatic hydroxyl groups is 2. The zero-order chi connectivity index (χ0) is 21.0. The summed E-state index contributed by atoms with van der Waals surface area (Å²) in [5.41, 5.74) is 0.772. The number of halogens is 3. The minimum Gasteiger partial charge on any atom is -0.445 e. The molecule has 29 heavy (non-hydrogen) atoms. The smallest absolute Gasteiger partial charge is 0.445 e. The lowest BCUT2D eigenvalue weighted by molar-refractivity contribution is -0.144. The van der Waals surface area contributed by atoms with Gasteiger partial charge in [-0.3, -0.25) is 0 Å². The zero-order valence-corrected chi connectivity index (χ0v) is 15.1. The van der Waals surface area contributed by atoms with Crippen LogP contribution < -0.4 is 5.32 Å². The van der Waals surface area contributed by atoms with Crippen molar-refractivity contribution in [2.24, 2.45) is 0 Å². The summed E-state index contributed by atoms with van der Waals surface area (Å²) in [6.07, 6.45) is -7.15. The Morgan fingerprint density at radius 2 is 1.93 bits per heavy atom. The molecule has 11 heteroatoms. The molecule has 8 nitrogen and oxygen atoms in total. The molecule has 156 valence electrons. The Bertz CT molecular complexity index is 837. The number of carbonyl (C=O) groups is 1. The van der Waals surface area contributed by atoms with Gasteiger partial charge in [-0.25, -0.2) is 14.8 Å². The SMILES string of the molecule is O=C(OCc1ccccc1)N1C[C@H](Nc2ccnc(C(F)(F)F)n2)[C@@H](O)[C@@H](O)C1. The van der Waals surface area contributed by atoms with Gasteiger partial charge >= 0.3 is 12.3 Å². The number of hydrogen-bond donors (Lipinski definition) is 3. The molecule has 0 bridgehead atoms. The third-order valence-corrected chi connectivity index (χ3v) is 4.34. The molecule has 0 spiro atoms. The number of piperidine rings is 1. The van der Waals surface area contributed by atoms with E-state index in [9.17, 15) is 28.2 Å². The van der Waals surface area contributed by atoms with Crippen molar-refractivity contribution >= 4 is 11.9 Å². The number of nitrogens with zero attached hydrogens (tertiary/aromatic N) is 3. The van der Waals surface area contributed by atoms with Crippen molar-refractivity contribution in [2.45, 2.75) is 31.0 Å². The molecule has 2 aromatic rings. The van der Waals surface area contributed by atoms with Crippen LogP contribution in [0.2, 0.25) is 0 Å². The Labute approximate surface area is 164 Å². The summed E-state index contributed by atoms with van der Waals surface area (Å²) in [4.78, 5) is 20.0. The predicted molar refractivity (Wildman–Crippen MR) is 94.7 cm³/mol. The van der Waals surface area contributed by atoms with Crippen molar-refractivity contribution in [3.05, 3.63) is 54.0 Å². The van der Waals surface area contributed by atoms with E-state index in [1.165, 1.54) is 11.0 Å². The van der Waals surface area contributed by atoms with Gasteiger partial charge in [0, 0.05) is 12.7 Å². The number of hydrogen-bond acceptors (Lipinski definition) is 7. The van der Waals surface area contributed by atoms with Crippen LogP contribution in [0.25, 0.3) is 0 Å². The molecule has 1 aliphatic rings. The van der Waals surface area contributed by atoms with Crippen LogP contribution in [0.5, 0.6) is 0 Å². The quantitative estimate of drug-likeness (QED) is 0.701. The Balaban J connectivity index is 1.65. The Morgan fingerprint density at radius 3 is 2.62 bits per heavy atom. The molecule has 1 fully saturated rings. The van der Waals surface area contributed by atoms with Gasteiger partial charge in [0.15, 0.2) is 0 Å². The molecule has 3 atom stereocenters. The maximum Gasteiger partial charge on any atom is 0.451 e. The van der Waals surface area contributed by atoms with Crippen molar-refractivity contribution in [3.8, 4) is 0 Å². The van der Waals surface area contributed by atoms with Crippen LogP contribution in [-0.4, -0.2) is 62.5 Å². The summed E-state index contributed by atoms with van der Waals surface area (Å²) >= 11 is 0. The van der Waals surface area contributed by atoms with E-state index in [2.05, 4.69) is 15.3 Å². The lowest BCUT2D eigenvalue weighted by atomic mass is 10.00. The first kappa shape index (κ1) is 20.8. The number of ether oxygens (including phenoxy) is 1. The Morgan fingerprint density at radius 1 is 1.21 bits per heavy atom. The number of alkyl halides is 3. The molecule has 0 saturated carbocycles. The highest BCUT2D eigenvalue weighted by Gasteiger charge is 2.38. The van der Waals surface area contributed by atoms with Crippen LogP contribution in [-0.2, 0) is 17.5 Å². The molecule has 0 aliphatic carbocycles. The van der Waals surface area contributed by atoms with Crippen molar-refractivity contribution in [3.63, 3.8) is 0 Å². The monoisotopic (exact) mass is 412 g/mol. The lowest BCUT2D eigenvalue weighted by Gasteiger charge is -2.39. The molecule has 2 heterocycles. The third kappa shape index (κ3) is 5.33. The van der Waals surface area contributed by atoms with E-state index >= 15 is 0 Å². The highest BCUT2D eigenvalue weighted by molar-refractivity contribution is 5.68. The predicted octanol–water partition coefficient (Wildman–Crippen LogP) is 1.65. The van der Waals surface area contributed by atoms with Gasteiger partial charge in [-0.2, -0.15) is 13.2 Å². The van der Waals surface area contributed by atoms with Gasteiger partial charge in [0.1, 0.15) is 18.5 Å². The van der Waals surface area contributed by atoms with Gasteiger partial charge < -0.3 is 25.2 Å². The number of nitrogens with one attached hydrogen (secondary N) is 1. The van der Waals surface area contributed by atoms with Gasteiger partial charge in [0.05, 0.1) is 18.7 Å². The summed E-state index contributed by atoms with van der Waals surface area (Å²) in [6, 6.07) is 9.20. The largest absolute Gasteiger partial charge is 0.451 e. The van der Waals surface area contributed by atoms with Gasteiger partial charge in [-0.15, -0.1) is 0 Å². The molecular formula is C18H19F3N4O4. The van der Waals surface area contributed by atoms with E-state index in [4.69, 9.17) is 4.74 Å². The number of amides is 1. The van der Waals surface area contributed by atoms with Crippen LogP contribution in [0.3, 0.4) is 0 Å². The Kier molecular flexibility index (Phi) is 6.18. The minimum atomic E-state index is -4.73. The van der Waals surface area contributed by atoms with E-state index in [0.717, 1.165) is 11.8 Å². The van der Waals surface area contributed by atoms with Gasteiger partial charge in [-0.1, -0.05) is 30.3 Å². The fourth-order valence-corrected chi connectivity index (χ4v) is 2.88. The van der Waals surface area contributed by atoms with E-state index in [1.807, 2.05) is 6.07 Å². The van der Waals surface area contributed by atoms with Crippen LogP contribution in [0, 0.1) is 0 Å². The molecule has 1 aromatic carbocycles. The molecule has 0 radical (unpaired) electrons. The van der Waals surface area contributed by atoms with E-state index in [0.29, 0.717) is 0 Å². The van der Waals surface area contributed by atoms with E-state index in [1.54, 1.807) is 24.3 Å². The van der Waals surface area contributed by atoms with Crippen molar-refractivity contribution in [2.75, 3.05) is 18.4 Å². The fourth-order valence-electron chi connectivity index (χ4n) is 2.88. The number of carbonyl (C=O) groups excluding carboxylic acids is 1. The minimum absolute atomic E-state index is 0.0216. The van der Waals surface area contributed by atoms with Crippen molar-refractivity contribution < 1.29 is 32.9 Å². The maximum atomic E-state index is 12.8. The zero-order valence-electron chi connectivity index (χ0n) is 15.1. The summed E-state index contributed by atoms with van der Waals surface area (Å²) < 4.78 is 43.5. The standard InChI is InChI=1S/C18H19F3N4O4/c19-18(20,21)16-22-7-6-14(24-16)23-12-8-25(9-13(26)15(12)27)17(28)29-10-11-4-2-1-3-5-11/h1-7,12-13,15,26-27H,8-10H2,(H,22,23,24)/t12-,13-,15+/m0/s1. The van der Waals surface area contributed by atoms with Gasteiger partial charge in [-0.05, 0) is 11.6 Å². The second-order valence-corrected chi connectivity index (χ2v) is 6.52. The molecule has 1 aromatic heterocycles. The van der Waals surface area contributed by atoms with Crippen LogP contribution in [0.1, 0.15) is 11.4 Å². The first-order valence-corrected chi connectivity index (χ1v) is 8.72. The number of aromatic nitrogens is 2. The number of β-amino-alcohol motifs (C(OH)–C–C–N with tert-alkyl or cyclic N) is 1. The molecule has 3 rings (SSSR count). The van der Waals surface area contributed by atoms with E-state index in [-0.39, 0.29) is 25.5 Å². The van der Waals surface area contributed by atoms with Crippen molar-refractivity contribution in [1.29, 1.82) is 0 Å². The summed E-state index contributed by atoms with van der Waals surface area (Å²) in [5, 5.41) is 22.9. The normalized spacial score (nSPS) is 22.2. The topological polar surface area (TPSA) is 108 Å². The van der Waals surface area contributed by atoms with Gasteiger partial charge in [0.2, 0.25) is 5.82 Å². The van der Waals surface area contributed by atoms with Crippen LogP contribution >= 0.6 is 0 Å². The molecule has 1 amide bonds. The second kappa shape index (κ2) is 8.62. The summed E-state index contributed by atoms with van der Waals surface area (Å²) in [6.45, 7) is -0.254. The summed E-state index contributed by atoms with van der Waals surface area (Å²) in [7, 11) is 0. The maximum absolute atomic E-state index is 12.8.